The molecule has 1 aliphatic heterocycles. The van der Waals surface area contributed by atoms with Crippen molar-refractivity contribution in [3.8, 4) is 0 Å². The molecule has 1 saturated heterocycles. The lowest BCUT2D eigenvalue weighted by molar-refractivity contribution is -0.924. The molecule has 0 aromatic heterocycles. The maximum atomic E-state index is 12.4. The first-order valence-electron chi connectivity index (χ1n) is 7.93. The van der Waals surface area contributed by atoms with Crippen molar-refractivity contribution in [1.29, 1.82) is 0 Å². The van der Waals surface area contributed by atoms with Crippen molar-refractivity contribution in [3.05, 3.63) is 0 Å². The summed E-state index contributed by atoms with van der Waals surface area (Å²) in [7, 11) is 0. The fraction of sp³-hybridized carbons (Fsp3) is 0.938. The molecule has 0 bridgehead atoms. The molecule has 1 N–H and O–H groups in total. The highest BCUT2D eigenvalue weighted by atomic mass is 16.1. The van der Waals surface area contributed by atoms with E-state index in [-0.39, 0.29) is 0 Å². The summed E-state index contributed by atoms with van der Waals surface area (Å²) in [6, 6.07) is 0.688. The predicted octanol–water partition coefficient (Wildman–Crippen LogP) is 2.09. The van der Waals surface area contributed by atoms with Crippen molar-refractivity contribution >= 4 is 5.78 Å². The SMILES string of the molecule is CC1CCC(C(=O)C[NH+]2CC(C)CCC2C)CC1. The molecule has 3 atom stereocenters. The van der Waals surface area contributed by atoms with E-state index in [4.69, 9.17) is 0 Å². The number of carbonyl (C=O) groups is 1. The summed E-state index contributed by atoms with van der Waals surface area (Å²) in [6.07, 6.45) is 7.47. The maximum absolute atomic E-state index is 12.4. The Morgan fingerprint density at radius 3 is 2.22 bits per heavy atom. The van der Waals surface area contributed by atoms with E-state index in [0.717, 1.165) is 31.2 Å². The largest absolute Gasteiger partial charge is 0.326 e. The molecule has 18 heavy (non-hydrogen) atoms. The summed E-state index contributed by atoms with van der Waals surface area (Å²) in [5.74, 6) is 2.58. The zero-order valence-corrected chi connectivity index (χ0v) is 12.4. The number of hydrogen-bond donors (Lipinski definition) is 1. The quantitative estimate of drug-likeness (QED) is 0.816. The lowest BCUT2D eigenvalue weighted by Gasteiger charge is -2.34. The number of likely N-dealkylation sites (tertiary alicyclic amines) is 1. The molecule has 1 aliphatic carbocycles. The van der Waals surface area contributed by atoms with Crippen molar-refractivity contribution in [1.82, 2.24) is 0 Å². The van der Waals surface area contributed by atoms with Crippen molar-refractivity contribution in [2.24, 2.45) is 17.8 Å². The van der Waals surface area contributed by atoms with E-state index >= 15 is 0 Å². The topological polar surface area (TPSA) is 21.5 Å². The molecule has 1 heterocycles. The lowest BCUT2D eigenvalue weighted by Crippen LogP contribution is -3.17. The summed E-state index contributed by atoms with van der Waals surface area (Å²) < 4.78 is 0. The predicted molar refractivity (Wildman–Crippen MR) is 74.7 cm³/mol. The van der Waals surface area contributed by atoms with Crippen LogP contribution < -0.4 is 4.90 Å². The van der Waals surface area contributed by atoms with Crippen molar-refractivity contribution in [3.63, 3.8) is 0 Å². The van der Waals surface area contributed by atoms with Crippen LogP contribution in [0.25, 0.3) is 0 Å². The van der Waals surface area contributed by atoms with Gasteiger partial charge >= 0.3 is 0 Å². The zero-order chi connectivity index (χ0) is 13.1. The second-order valence-corrected chi connectivity index (χ2v) is 7.05. The van der Waals surface area contributed by atoms with Gasteiger partial charge in [-0.2, -0.15) is 0 Å². The molecular weight excluding hydrogens is 222 g/mol. The highest BCUT2D eigenvalue weighted by Gasteiger charge is 2.31. The first kappa shape index (κ1) is 14.0. The molecule has 3 unspecified atom stereocenters. The number of nitrogens with one attached hydrogen (secondary N) is 1. The van der Waals surface area contributed by atoms with E-state index < -0.39 is 0 Å². The van der Waals surface area contributed by atoms with E-state index in [1.165, 1.54) is 32.2 Å². The molecule has 2 heteroatoms. The van der Waals surface area contributed by atoms with Gasteiger partial charge in [-0.3, -0.25) is 4.79 Å². The summed E-state index contributed by atoms with van der Waals surface area (Å²) in [5.41, 5.74) is 0. The van der Waals surface area contributed by atoms with Gasteiger partial charge < -0.3 is 4.90 Å². The van der Waals surface area contributed by atoms with Crippen molar-refractivity contribution < 1.29 is 9.69 Å². The Bertz CT molecular complexity index is 281. The Morgan fingerprint density at radius 2 is 1.56 bits per heavy atom. The van der Waals surface area contributed by atoms with E-state index in [1.807, 2.05) is 0 Å². The fourth-order valence-corrected chi connectivity index (χ4v) is 3.69. The van der Waals surface area contributed by atoms with Gasteiger partial charge in [0.15, 0.2) is 5.78 Å². The van der Waals surface area contributed by atoms with Crippen LogP contribution in [-0.4, -0.2) is 24.9 Å². The number of quaternary nitrogens is 1. The average molecular weight is 252 g/mol. The second-order valence-electron chi connectivity index (χ2n) is 7.05. The van der Waals surface area contributed by atoms with Crippen LogP contribution in [0, 0.1) is 17.8 Å². The number of hydrogen-bond acceptors (Lipinski definition) is 1. The Hall–Kier alpha value is -0.370. The van der Waals surface area contributed by atoms with E-state index in [0.29, 0.717) is 17.7 Å². The minimum atomic E-state index is 0.387. The third-order valence-electron chi connectivity index (χ3n) is 5.27. The molecule has 0 radical (unpaired) electrons. The zero-order valence-electron chi connectivity index (χ0n) is 12.4. The Labute approximate surface area is 112 Å². The molecular formula is C16H30NO+. The monoisotopic (exact) mass is 252 g/mol. The molecule has 1 saturated carbocycles. The number of Topliss-reactive ketones (excluding diaryl/α,β-unsaturated/α-hetero) is 1. The fourth-order valence-electron chi connectivity index (χ4n) is 3.69. The standard InChI is InChI=1S/C16H29NO/c1-12-5-8-15(9-6-12)16(18)11-17-10-13(2)4-7-14(17)3/h12-15H,4-11H2,1-3H3/p+1. The third-order valence-corrected chi connectivity index (χ3v) is 5.27. The molecule has 0 aromatic carbocycles. The Kier molecular flexibility index (Phi) is 4.83. The third kappa shape index (κ3) is 3.57. The summed E-state index contributed by atoms with van der Waals surface area (Å²) in [5, 5.41) is 0. The van der Waals surface area contributed by atoms with E-state index in [2.05, 4.69) is 20.8 Å². The van der Waals surface area contributed by atoms with Crippen LogP contribution >= 0.6 is 0 Å². The normalized spacial score (nSPS) is 41.6. The highest BCUT2D eigenvalue weighted by molar-refractivity contribution is 5.82. The lowest BCUT2D eigenvalue weighted by atomic mass is 9.80. The van der Waals surface area contributed by atoms with E-state index in [1.54, 1.807) is 4.90 Å². The molecule has 0 aromatic rings. The molecule has 2 aliphatic rings. The van der Waals surface area contributed by atoms with Crippen LogP contribution in [0.2, 0.25) is 0 Å². The van der Waals surface area contributed by atoms with Gasteiger partial charge in [0.2, 0.25) is 0 Å². The number of rotatable bonds is 3. The summed E-state index contributed by atoms with van der Waals surface area (Å²) in [6.45, 7) is 8.97. The summed E-state index contributed by atoms with van der Waals surface area (Å²) in [4.78, 5) is 14.0. The van der Waals surface area contributed by atoms with Crippen LogP contribution in [0.1, 0.15) is 59.3 Å². The number of piperidine rings is 1. The van der Waals surface area contributed by atoms with Crippen LogP contribution in [0.15, 0.2) is 0 Å². The second kappa shape index (κ2) is 6.18. The van der Waals surface area contributed by atoms with Crippen LogP contribution in [0.3, 0.4) is 0 Å². The number of carbonyl (C=O) groups excluding carboxylic acids is 1. The molecule has 2 fully saturated rings. The average Bonchev–Trinajstić information content (AvgIpc) is 2.34. The Morgan fingerprint density at radius 1 is 0.944 bits per heavy atom. The Balaban J connectivity index is 1.82. The van der Waals surface area contributed by atoms with Gasteiger partial charge in [-0.1, -0.05) is 26.7 Å². The molecule has 0 spiro atoms. The first-order valence-corrected chi connectivity index (χ1v) is 7.93. The molecule has 0 amide bonds. The maximum Gasteiger partial charge on any atom is 0.189 e. The summed E-state index contributed by atoms with van der Waals surface area (Å²) >= 11 is 0. The van der Waals surface area contributed by atoms with Crippen molar-refractivity contribution in [2.45, 2.75) is 65.3 Å². The minimum Gasteiger partial charge on any atom is -0.326 e. The van der Waals surface area contributed by atoms with Gasteiger partial charge in [0.05, 0.1) is 12.6 Å². The van der Waals surface area contributed by atoms with Gasteiger partial charge in [0.1, 0.15) is 6.54 Å². The van der Waals surface area contributed by atoms with Gasteiger partial charge in [-0.15, -0.1) is 0 Å². The van der Waals surface area contributed by atoms with Gasteiger partial charge in [-0.25, -0.2) is 0 Å². The van der Waals surface area contributed by atoms with Gasteiger partial charge in [0, 0.05) is 11.8 Å². The molecule has 2 nitrogen and oxygen atoms in total. The van der Waals surface area contributed by atoms with Gasteiger partial charge in [-0.05, 0) is 38.5 Å². The minimum absolute atomic E-state index is 0.387. The smallest absolute Gasteiger partial charge is 0.189 e. The first-order chi connectivity index (χ1) is 8.56. The molecule has 2 rings (SSSR count). The van der Waals surface area contributed by atoms with Crippen LogP contribution in [0.5, 0.6) is 0 Å². The molecule has 104 valence electrons. The van der Waals surface area contributed by atoms with E-state index in [9.17, 15) is 4.79 Å². The van der Waals surface area contributed by atoms with Crippen LogP contribution in [-0.2, 0) is 4.79 Å². The van der Waals surface area contributed by atoms with Gasteiger partial charge in [0.25, 0.3) is 0 Å². The number of ketones is 1. The van der Waals surface area contributed by atoms with Crippen LogP contribution in [0.4, 0.5) is 0 Å². The highest BCUT2D eigenvalue weighted by Crippen LogP contribution is 2.28. The van der Waals surface area contributed by atoms with Crippen molar-refractivity contribution in [2.75, 3.05) is 13.1 Å².